The number of sulfonamides is 1. The number of aryl methyl sites for hydroxylation is 1. The lowest BCUT2D eigenvalue weighted by Gasteiger charge is -2.32. The Balaban J connectivity index is 2.04. The van der Waals surface area contributed by atoms with Crippen LogP contribution in [0.25, 0.3) is 0 Å². The van der Waals surface area contributed by atoms with E-state index in [1.54, 1.807) is 43.3 Å². The molecule has 214 valence electrons. The molecule has 0 aromatic heterocycles. The van der Waals surface area contributed by atoms with Gasteiger partial charge in [-0.25, -0.2) is 8.42 Å². The van der Waals surface area contributed by atoms with Crippen molar-refractivity contribution in [1.82, 2.24) is 10.2 Å². The molecular weight excluding hydrogens is 593 g/mol. The van der Waals surface area contributed by atoms with Crippen LogP contribution < -0.4 is 9.62 Å². The largest absolute Gasteiger partial charge is 0.352 e. The molecule has 0 aliphatic carbocycles. The van der Waals surface area contributed by atoms with Crippen LogP contribution >= 0.6 is 34.8 Å². The summed E-state index contributed by atoms with van der Waals surface area (Å²) in [4.78, 5) is 28.4. The van der Waals surface area contributed by atoms with E-state index in [9.17, 15) is 18.0 Å². The molecule has 7 nitrogen and oxygen atoms in total. The lowest BCUT2D eigenvalue weighted by Crippen LogP contribution is -2.52. The molecular formula is C29H32Cl3N3O4S. The maximum absolute atomic E-state index is 14.0. The van der Waals surface area contributed by atoms with Crippen LogP contribution in [-0.4, -0.2) is 43.8 Å². The van der Waals surface area contributed by atoms with Crippen molar-refractivity contribution in [3.8, 4) is 0 Å². The number of anilines is 1. The SMILES string of the molecule is CC[C@@H](C)NC(=O)[C@@H](C)N(Cc1ccc(Cl)c(Cl)c1)C(=O)CN(c1cccc(C)c1)S(=O)(=O)c1ccc(Cl)cc1. The van der Waals surface area contributed by atoms with Crippen LogP contribution in [0.4, 0.5) is 5.69 Å². The summed E-state index contributed by atoms with van der Waals surface area (Å²) in [5.74, 6) is -0.928. The zero-order chi connectivity index (χ0) is 29.6. The van der Waals surface area contributed by atoms with Gasteiger partial charge in [0.05, 0.1) is 20.6 Å². The van der Waals surface area contributed by atoms with Gasteiger partial charge in [0.15, 0.2) is 0 Å². The Morgan fingerprint density at radius 1 is 0.925 bits per heavy atom. The Morgan fingerprint density at radius 3 is 2.20 bits per heavy atom. The van der Waals surface area contributed by atoms with Gasteiger partial charge in [0.2, 0.25) is 11.8 Å². The first-order chi connectivity index (χ1) is 18.8. The van der Waals surface area contributed by atoms with E-state index in [0.717, 1.165) is 9.87 Å². The summed E-state index contributed by atoms with van der Waals surface area (Å²) in [5.41, 5.74) is 1.76. The fraction of sp³-hybridized carbons (Fsp3) is 0.310. The number of hydrogen-bond donors (Lipinski definition) is 1. The van der Waals surface area contributed by atoms with Crippen LogP contribution in [0.2, 0.25) is 15.1 Å². The van der Waals surface area contributed by atoms with Gasteiger partial charge in [0.25, 0.3) is 10.0 Å². The van der Waals surface area contributed by atoms with Crippen LogP contribution in [0.3, 0.4) is 0 Å². The van der Waals surface area contributed by atoms with Gasteiger partial charge in [0.1, 0.15) is 12.6 Å². The Hall–Kier alpha value is -2.78. The number of hydrogen-bond acceptors (Lipinski definition) is 4. The molecule has 0 saturated carbocycles. The van der Waals surface area contributed by atoms with Gasteiger partial charge in [-0.3, -0.25) is 13.9 Å². The van der Waals surface area contributed by atoms with Crippen LogP contribution in [0.1, 0.15) is 38.3 Å². The monoisotopic (exact) mass is 623 g/mol. The average Bonchev–Trinajstić information content (AvgIpc) is 2.91. The van der Waals surface area contributed by atoms with Gasteiger partial charge in [-0.1, -0.05) is 59.9 Å². The summed E-state index contributed by atoms with van der Waals surface area (Å²) in [6, 6.07) is 16.5. The second-order valence-corrected chi connectivity index (χ2v) is 12.7. The quantitative estimate of drug-likeness (QED) is 0.265. The molecule has 11 heteroatoms. The third kappa shape index (κ3) is 7.91. The summed E-state index contributed by atoms with van der Waals surface area (Å²) < 4.78 is 28.7. The number of amides is 2. The minimum atomic E-state index is -4.18. The Kier molecular flexibility index (Phi) is 10.9. The zero-order valence-corrected chi connectivity index (χ0v) is 25.8. The number of carbonyl (C=O) groups excluding carboxylic acids is 2. The maximum atomic E-state index is 14.0. The molecule has 2 atom stereocenters. The van der Waals surface area contributed by atoms with Gasteiger partial charge >= 0.3 is 0 Å². The summed E-state index contributed by atoms with van der Waals surface area (Å²) in [5, 5.41) is 3.93. The molecule has 0 saturated heterocycles. The molecule has 0 bridgehead atoms. The average molecular weight is 625 g/mol. The summed E-state index contributed by atoms with van der Waals surface area (Å²) in [6.07, 6.45) is 0.708. The molecule has 0 heterocycles. The minimum absolute atomic E-state index is 0.00741. The third-order valence-electron chi connectivity index (χ3n) is 6.48. The van der Waals surface area contributed by atoms with E-state index in [1.165, 1.54) is 29.2 Å². The van der Waals surface area contributed by atoms with Gasteiger partial charge in [-0.15, -0.1) is 0 Å². The molecule has 3 rings (SSSR count). The molecule has 0 aliphatic rings. The molecule has 0 unspecified atom stereocenters. The van der Waals surface area contributed by atoms with Crippen molar-refractivity contribution >= 4 is 62.3 Å². The third-order valence-corrected chi connectivity index (χ3v) is 9.25. The number of carbonyl (C=O) groups is 2. The molecule has 2 amide bonds. The number of nitrogens with zero attached hydrogens (tertiary/aromatic N) is 2. The van der Waals surface area contributed by atoms with Crippen molar-refractivity contribution in [2.45, 2.75) is 57.6 Å². The highest BCUT2D eigenvalue weighted by Crippen LogP contribution is 2.27. The van der Waals surface area contributed by atoms with Crippen molar-refractivity contribution < 1.29 is 18.0 Å². The summed E-state index contributed by atoms with van der Waals surface area (Å²) >= 11 is 18.3. The first kappa shape index (κ1) is 31.7. The number of benzene rings is 3. The second-order valence-electron chi connectivity index (χ2n) is 9.57. The van der Waals surface area contributed by atoms with Crippen molar-refractivity contribution in [2.24, 2.45) is 0 Å². The Labute approximate surface area is 251 Å². The fourth-order valence-electron chi connectivity index (χ4n) is 3.93. The van der Waals surface area contributed by atoms with Crippen molar-refractivity contribution in [3.63, 3.8) is 0 Å². The maximum Gasteiger partial charge on any atom is 0.264 e. The smallest absolute Gasteiger partial charge is 0.264 e. The van der Waals surface area contributed by atoms with Crippen LogP contribution in [0.5, 0.6) is 0 Å². The van der Waals surface area contributed by atoms with Crippen LogP contribution in [-0.2, 0) is 26.2 Å². The van der Waals surface area contributed by atoms with E-state index in [2.05, 4.69) is 5.32 Å². The van der Waals surface area contributed by atoms with Gasteiger partial charge in [-0.05, 0) is 86.8 Å². The van der Waals surface area contributed by atoms with E-state index in [4.69, 9.17) is 34.8 Å². The first-order valence-corrected chi connectivity index (χ1v) is 15.3. The molecule has 0 radical (unpaired) electrons. The van der Waals surface area contributed by atoms with Crippen molar-refractivity contribution in [3.05, 3.63) is 92.9 Å². The van der Waals surface area contributed by atoms with Gasteiger partial charge in [-0.2, -0.15) is 0 Å². The molecule has 3 aromatic rings. The standard InChI is InChI=1S/C29H32Cl3N3O4S/c1-5-20(3)33-29(37)21(4)34(17-22-9-14-26(31)27(32)16-22)28(36)18-35(24-8-6-7-19(2)15-24)40(38,39)25-12-10-23(30)11-13-25/h6-16,20-21H,5,17-18H2,1-4H3,(H,33,37)/t20-,21-/m1/s1. The zero-order valence-electron chi connectivity index (χ0n) is 22.7. The van der Waals surface area contributed by atoms with Crippen molar-refractivity contribution in [1.29, 1.82) is 0 Å². The highest BCUT2D eigenvalue weighted by atomic mass is 35.5. The number of rotatable bonds is 11. The summed E-state index contributed by atoms with van der Waals surface area (Å²) in [6.45, 7) is 6.71. The Bertz CT molecular complexity index is 1470. The number of nitrogens with one attached hydrogen (secondary N) is 1. The molecule has 1 N–H and O–H groups in total. The van der Waals surface area contributed by atoms with E-state index < -0.39 is 28.5 Å². The lowest BCUT2D eigenvalue weighted by atomic mass is 10.1. The van der Waals surface area contributed by atoms with Gasteiger partial charge < -0.3 is 10.2 Å². The molecule has 40 heavy (non-hydrogen) atoms. The van der Waals surface area contributed by atoms with Crippen molar-refractivity contribution in [2.75, 3.05) is 10.8 Å². The predicted octanol–water partition coefficient (Wildman–Crippen LogP) is 6.48. The van der Waals surface area contributed by atoms with E-state index in [-0.39, 0.29) is 23.4 Å². The minimum Gasteiger partial charge on any atom is -0.352 e. The molecule has 3 aromatic carbocycles. The second kappa shape index (κ2) is 13.7. The highest BCUT2D eigenvalue weighted by molar-refractivity contribution is 7.92. The van der Waals surface area contributed by atoms with Crippen LogP contribution in [0, 0.1) is 6.92 Å². The van der Waals surface area contributed by atoms with E-state index in [1.807, 2.05) is 26.8 Å². The highest BCUT2D eigenvalue weighted by Gasteiger charge is 2.33. The van der Waals surface area contributed by atoms with E-state index in [0.29, 0.717) is 32.7 Å². The normalized spacial score (nSPS) is 12.9. The topological polar surface area (TPSA) is 86.8 Å². The summed E-state index contributed by atoms with van der Waals surface area (Å²) in [7, 11) is -4.18. The fourth-order valence-corrected chi connectivity index (χ4v) is 5.78. The first-order valence-electron chi connectivity index (χ1n) is 12.7. The molecule has 0 spiro atoms. The molecule has 0 fully saturated rings. The number of halogens is 3. The Morgan fingerprint density at radius 2 is 1.60 bits per heavy atom. The van der Waals surface area contributed by atoms with Gasteiger partial charge in [0, 0.05) is 17.6 Å². The predicted molar refractivity (Wildman–Crippen MR) is 162 cm³/mol. The van der Waals surface area contributed by atoms with E-state index >= 15 is 0 Å². The molecule has 0 aliphatic heterocycles. The van der Waals surface area contributed by atoms with Crippen LogP contribution in [0.15, 0.2) is 71.6 Å². The lowest BCUT2D eigenvalue weighted by molar-refractivity contribution is -0.139.